The summed E-state index contributed by atoms with van der Waals surface area (Å²) in [5.74, 6) is 0.0810. The highest BCUT2D eigenvalue weighted by molar-refractivity contribution is 5.74. The molecule has 4 heteroatoms. The Morgan fingerprint density at radius 1 is 1.67 bits per heavy atom. The second kappa shape index (κ2) is 3.80. The summed E-state index contributed by atoms with van der Waals surface area (Å²) in [6, 6.07) is 0. The van der Waals surface area contributed by atoms with Crippen LogP contribution >= 0.6 is 0 Å². The Kier molecular flexibility index (Phi) is 2.74. The van der Waals surface area contributed by atoms with Gasteiger partial charge in [0.2, 0.25) is 5.96 Å². The van der Waals surface area contributed by atoms with Gasteiger partial charge in [0.05, 0.1) is 6.54 Å². The van der Waals surface area contributed by atoms with Crippen LogP contribution in [0.5, 0.6) is 0 Å². The Bertz CT molecular complexity index is 219. The van der Waals surface area contributed by atoms with E-state index in [-0.39, 0.29) is 5.96 Å². The fourth-order valence-electron chi connectivity index (χ4n) is 1.13. The van der Waals surface area contributed by atoms with E-state index in [1.807, 2.05) is 36.4 Å². The van der Waals surface area contributed by atoms with Gasteiger partial charge in [-0.2, -0.15) is 0 Å². The third-order valence-electron chi connectivity index (χ3n) is 1.69. The van der Waals surface area contributed by atoms with Gasteiger partial charge in [0.25, 0.3) is 0 Å². The van der Waals surface area contributed by atoms with E-state index in [0.717, 1.165) is 6.54 Å². The monoisotopic (exact) mass is 166 g/mol. The Morgan fingerprint density at radius 2 is 2.42 bits per heavy atom. The van der Waals surface area contributed by atoms with E-state index in [2.05, 4.69) is 0 Å². The molecule has 66 valence electrons. The number of allylic oxidation sites excluding steroid dienone is 2. The maximum Gasteiger partial charge on any atom is 0.207 e. The molecule has 12 heavy (non-hydrogen) atoms. The average molecular weight is 166 g/mol. The molecule has 0 aromatic carbocycles. The van der Waals surface area contributed by atoms with E-state index in [1.54, 1.807) is 5.01 Å². The van der Waals surface area contributed by atoms with E-state index in [9.17, 15) is 0 Å². The topological polar surface area (TPSA) is 56.4 Å². The Morgan fingerprint density at radius 3 is 2.83 bits per heavy atom. The number of nitrogens with one attached hydrogen (secondary N) is 1. The van der Waals surface area contributed by atoms with Crippen LogP contribution in [0.4, 0.5) is 0 Å². The predicted molar refractivity (Wildman–Crippen MR) is 49.3 cm³/mol. The second-order valence-corrected chi connectivity index (χ2v) is 2.49. The van der Waals surface area contributed by atoms with Gasteiger partial charge in [0.15, 0.2) is 0 Å². The first-order chi connectivity index (χ1) is 5.75. The van der Waals surface area contributed by atoms with Crippen molar-refractivity contribution in [3.8, 4) is 0 Å². The summed E-state index contributed by atoms with van der Waals surface area (Å²) in [5.41, 5.74) is 5.39. The lowest BCUT2D eigenvalue weighted by Gasteiger charge is -2.33. The van der Waals surface area contributed by atoms with Crippen molar-refractivity contribution >= 4 is 5.96 Å². The maximum atomic E-state index is 7.29. The first-order valence-electron chi connectivity index (χ1n) is 3.97. The molecule has 1 rings (SSSR count). The zero-order valence-corrected chi connectivity index (χ0v) is 7.20. The molecule has 0 aliphatic carbocycles. The molecule has 0 aromatic rings. The molecule has 1 heterocycles. The van der Waals surface area contributed by atoms with Crippen LogP contribution in [0.3, 0.4) is 0 Å². The highest BCUT2D eigenvalue weighted by Crippen LogP contribution is 2.02. The molecule has 1 aliphatic rings. The largest absolute Gasteiger partial charge is 0.369 e. The van der Waals surface area contributed by atoms with E-state index in [4.69, 9.17) is 11.1 Å². The minimum absolute atomic E-state index is 0.0810. The SMILES string of the molecule is CCN(C(=N)N)N1C=CC=CC1. The molecular formula is C8H14N4. The maximum absolute atomic E-state index is 7.29. The van der Waals surface area contributed by atoms with Gasteiger partial charge in [0, 0.05) is 12.7 Å². The zero-order chi connectivity index (χ0) is 8.97. The first-order valence-corrected chi connectivity index (χ1v) is 3.97. The van der Waals surface area contributed by atoms with Crippen LogP contribution in [0.25, 0.3) is 0 Å². The fraction of sp³-hybridized carbons (Fsp3) is 0.375. The summed E-state index contributed by atoms with van der Waals surface area (Å²) in [7, 11) is 0. The number of hydrogen-bond donors (Lipinski definition) is 2. The predicted octanol–water partition coefficient (Wildman–Crippen LogP) is 0.502. The third-order valence-corrected chi connectivity index (χ3v) is 1.69. The molecule has 0 saturated heterocycles. The van der Waals surface area contributed by atoms with Crippen molar-refractivity contribution in [3.05, 3.63) is 24.4 Å². The van der Waals surface area contributed by atoms with Crippen LogP contribution in [-0.4, -0.2) is 29.1 Å². The van der Waals surface area contributed by atoms with Gasteiger partial charge in [-0.05, 0) is 13.0 Å². The van der Waals surface area contributed by atoms with Gasteiger partial charge in [-0.15, -0.1) is 0 Å². The van der Waals surface area contributed by atoms with Crippen LogP contribution in [0.1, 0.15) is 6.92 Å². The van der Waals surface area contributed by atoms with Crippen molar-refractivity contribution in [1.82, 2.24) is 10.0 Å². The van der Waals surface area contributed by atoms with Gasteiger partial charge in [-0.1, -0.05) is 12.2 Å². The molecule has 0 saturated carbocycles. The summed E-state index contributed by atoms with van der Waals surface area (Å²) in [4.78, 5) is 0. The number of guanidine groups is 1. The highest BCUT2D eigenvalue weighted by Gasteiger charge is 2.10. The minimum atomic E-state index is 0.0810. The summed E-state index contributed by atoms with van der Waals surface area (Å²) < 4.78 is 0. The van der Waals surface area contributed by atoms with E-state index < -0.39 is 0 Å². The Balaban J connectivity index is 2.60. The Labute approximate surface area is 72.4 Å². The fourth-order valence-corrected chi connectivity index (χ4v) is 1.13. The molecular weight excluding hydrogens is 152 g/mol. The molecule has 0 fully saturated rings. The lowest BCUT2D eigenvalue weighted by atomic mass is 10.4. The highest BCUT2D eigenvalue weighted by atomic mass is 15.6. The van der Waals surface area contributed by atoms with Crippen molar-refractivity contribution < 1.29 is 0 Å². The molecule has 0 radical (unpaired) electrons. The van der Waals surface area contributed by atoms with Gasteiger partial charge >= 0.3 is 0 Å². The molecule has 3 N–H and O–H groups in total. The minimum Gasteiger partial charge on any atom is -0.369 e. The lowest BCUT2D eigenvalue weighted by Crippen LogP contribution is -2.47. The number of nitrogens with two attached hydrogens (primary N) is 1. The zero-order valence-electron chi connectivity index (χ0n) is 7.20. The average Bonchev–Trinajstić information content (AvgIpc) is 2.07. The summed E-state index contributed by atoms with van der Waals surface area (Å²) in [5, 5.41) is 10.9. The van der Waals surface area contributed by atoms with Gasteiger partial charge in [-0.25, -0.2) is 0 Å². The summed E-state index contributed by atoms with van der Waals surface area (Å²) >= 11 is 0. The molecule has 0 aromatic heterocycles. The van der Waals surface area contributed by atoms with Crippen molar-refractivity contribution in [3.63, 3.8) is 0 Å². The standard InChI is InChI=1S/C8H14N4/c1-2-12(8(9)10)11-6-4-3-5-7-11/h3-6H,2,7H2,1H3,(H3,9,10). The lowest BCUT2D eigenvalue weighted by molar-refractivity contribution is 0.121. The second-order valence-electron chi connectivity index (χ2n) is 2.49. The van der Waals surface area contributed by atoms with Gasteiger partial charge < -0.3 is 5.73 Å². The van der Waals surface area contributed by atoms with E-state index >= 15 is 0 Å². The van der Waals surface area contributed by atoms with Gasteiger partial charge in [0.1, 0.15) is 0 Å². The molecule has 0 unspecified atom stereocenters. The first kappa shape index (κ1) is 8.64. The number of hydrazine groups is 1. The molecule has 0 spiro atoms. The summed E-state index contributed by atoms with van der Waals surface area (Å²) in [6.45, 7) is 3.46. The quantitative estimate of drug-likeness (QED) is 0.464. The number of hydrogen-bond acceptors (Lipinski definition) is 2. The van der Waals surface area contributed by atoms with Crippen molar-refractivity contribution in [2.75, 3.05) is 13.1 Å². The molecule has 0 bridgehead atoms. The van der Waals surface area contributed by atoms with Crippen LogP contribution in [0.15, 0.2) is 24.4 Å². The van der Waals surface area contributed by atoms with Gasteiger partial charge in [-0.3, -0.25) is 15.4 Å². The molecule has 1 aliphatic heterocycles. The Hall–Kier alpha value is -1.45. The summed E-state index contributed by atoms with van der Waals surface area (Å²) in [6.07, 6.45) is 7.83. The smallest absolute Gasteiger partial charge is 0.207 e. The van der Waals surface area contributed by atoms with Crippen molar-refractivity contribution in [2.24, 2.45) is 5.73 Å². The normalized spacial score (nSPS) is 14.9. The molecule has 4 nitrogen and oxygen atoms in total. The molecule has 0 amide bonds. The van der Waals surface area contributed by atoms with Crippen LogP contribution < -0.4 is 5.73 Å². The van der Waals surface area contributed by atoms with Crippen LogP contribution in [0, 0.1) is 5.41 Å². The van der Waals surface area contributed by atoms with Crippen molar-refractivity contribution in [1.29, 1.82) is 5.41 Å². The number of rotatable bonds is 2. The van der Waals surface area contributed by atoms with Crippen molar-refractivity contribution in [2.45, 2.75) is 6.92 Å². The molecule has 0 atom stereocenters. The number of nitrogens with zero attached hydrogens (tertiary/aromatic N) is 2. The van der Waals surface area contributed by atoms with E-state index in [1.165, 1.54) is 0 Å². The van der Waals surface area contributed by atoms with E-state index in [0.29, 0.717) is 6.54 Å². The third kappa shape index (κ3) is 1.78. The van der Waals surface area contributed by atoms with Crippen LogP contribution in [0.2, 0.25) is 0 Å². The van der Waals surface area contributed by atoms with Crippen LogP contribution in [-0.2, 0) is 0 Å².